The summed E-state index contributed by atoms with van der Waals surface area (Å²) in [6, 6.07) is 29.8. The molecule has 0 N–H and O–H groups in total. The Balaban J connectivity index is 1.70. The zero-order valence-corrected chi connectivity index (χ0v) is 12.7. The molecular formula is C22H20. The van der Waals surface area contributed by atoms with E-state index >= 15 is 0 Å². The second-order valence-corrected chi connectivity index (χ2v) is 5.37. The molecule has 0 amide bonds. The lowest BCUT2D eigenvalue weighted by molar-refractivity contribution is 1.01. The van der Waals surface area contributed by atoms with Gasteiger partial charge in [0.15, 0.2) is 0 Å². The Morgan fingerprint density at radius 3 is 2.05 bits per heavy atom. The zero-order valence-electron chi connectivity index (χ0n) is 12.7. The van der Waals surface area contributed by atoms with Gasteiger partial charge in [-0.15, -0.1) is 0 Å². The van der Waals surface area contributed by atoms with Crippen molar-refractivity contribution in [2.45, 2.75) is 12.8 Å². The average molecular weight is 284 g/mol. The van der Waals surface area contributed by atoms with Crippen LogP contribution in [0.2, 0.25) is 0 Å². The van der Waals surface area contributed by atoms with E-state index in [0.717, 1.165) is 12.8 Å². The molecule has 0 saturated heterocycles. The van der Waals surface area contributed by atoms with Crippen molar-refractivity contribution < 1.29 is 0 Å². The first-order chi connectivity index (χ1) is 10.9. The second-order valence-electron chi connectivity index (χ2n) is 5.37. The highest BCUT2D eigenvalue weighted by Gasteiger charge is 2.02. The number of benzene rings is 3. The van der Waals surface area contributed by atoms with Crippen molar-refractivity contribution in [1.82, 2.24) is 0 Å². The lowest BCUT2D eigenvalue weighted by atomic mass is 9.96. The lowest BCUT2D eigenvalue weighted by Gasteiger charge is -2.08. The molecule has 0 heteroatoms. The molecule has 0 saturated carbocycles. The summed E-state index contributed by atoms with van der Waals surface area (Å²) in [6.45, 7) is 0. The van der Waals surface area contributed by atoms with Gasteiger partial charge in [0.1, 0.15) is 0 Å². The Bertz CT molecular complexity index is 724. The molecule has 108 valence electrons. The third-order valence-corrected chi connectivity index (χ3v) is 3.79. The smallest absolute Gasteiger partial charge is 0.0152 e. The van der Waals surface area contributed by atoms with Crippen LogP contribution in [0, 0.1) is 0 Å². The van der Waals surface area contributed by atoms with Gasteiger partial charge in [0.2, 0.25) is 0 Å². The third kappa shape index (κ3) is 3.73. The maximum absolute atomic E-state index is 2.26. The van der Waals surface area contributed by atoms with Gasteiger partial charge >= 0.3 is 0 Å². The summed E-state index contributed by atoms with van der Waals surface area (Å²) in [6.07, 6.45) is 6.58. The Labute approximate surface area is 132 Å². The van der Waals surface area contributed by atoms with E-state index in [1.807, 2.05) is 6.07 Å². The van der Waals surface area contributed by atoms with E-state index in [4.69, 9.17) is 0 Å². The molecule has 0 aliphatic rings. The molecule has 0 fully saturated rings. The van der Waals surface area contributed by atoms with Crippen LogP contribution in [0.1, 0.15) is 17.5 Å². The van der Waals surface area contributed by atoms with Crippen molar-refractivity contribution in [2.75, 3.05) is 0 Å². The van der Waals surface area contributed by atoms with Gasteiger partial charge in [0, 0.05) is 0 Å². The highest BCUT2D eigenvalue weighted by Crippen LogP contribution is 2.24. The van der Waals surface area contributed by atoms with E-state index in [1.165, 1.54) is 22.3 Å². The Morgan fingerprint density at radius 1 is 0.636 bits per heavy atom. The monoisotopic (exact) mass is 284 g/mol. The van der Waals surface area contributed by atoms with E-state index in [0.29, 0.717) is 0 Å². The average Bonchev–Trinajstić information content (AvgIpc) is 2.61. The van der Waals surface area contributed by atoms with Crippen molar-refractivity contribution >= 4 is 6.08 Å². The first kappa shape index (κ1) is 14.3. The van der Waals surface area contributed by atoms with Crippen molar-refractivity contribution in [3.63, 3.8) is 0 Å². The number of hydrogen-bond donors (Lipinski definition) is 0. The fourth-order valence-electron chi connectivity index (χ4n) is 2.66. The van der Waals surface area contributed by atoms with Gasteiger partial charge in [0.25, 0.3) is 0 Å². The van der Waals surface area contributed by atoms with Gasteiger partial charge in [-0.2, -0.15) is 0 Å². The van der Waals surface area contributed by atoms with Crippen LogP contribution in [0.25, 0.3) is 17.2 Å². The van der Waals surface area contributed by atoms with Crippen LogP contribution in [0.3, 0.4) is 0 Å². The van der Waals surface area contributed by atoms with Crippen molar-refractivity contribution in [2.24, 2.45) is 0 Å². The summed E-state index contributed by atoms with van der Waals surface area (Å²) in [7, 11) is 0. The molecule has 0 radical (unpaired) electrons. The van der Waals surface area contributed by atoms with Gasteiger partial charge in [-0.05, 0) is 35.1 Å². The molecule has 0 nitrogen and oxygen atoms in total. The molecule has 0 atom stereocenters. The van der Waals surface area contributed by atoms with Crippen LogP contribution in [0.15, 0.2) is 91.0 Å². The Kier molecular flexibility index (Phi) is 4.84. The van der Waals surface area contributed by atoms with Gasteiger partial charge in [-0.25, -0.2) is 0 Å². The predicted molar refractivity (Wildman–Crippen MR) is 95.7 cm³/mol. The maximum atomic E-state index is 2.26. The normalized spacial score (nSPS) is 10.9. The fourth-order valence-corrected chi connectivity index (χ4v) is 2.66. The zero-order chi connectivity index (χ0) is 15.0. The van der Waals surface area contributed by atoms with Crippen molar-refractivity contribution in [3.05, 3.63) is 102 Å². The molecule has 0 aromatic heterocycles. The van der Waals surface area contributed by atoms with Crippen LogP contribution >= 0.6 is 0 Å². The summed E-state index contributed by atoms with van der Waals surface area (Å²) >= 11 is 0. The van der Waals surface area contributed by atoms with Crippen LogP contribution in [-0.4, -0.2) is 0 Å². The molecule has 0 heterocycles. The van der Waals surface area contributed by atoms with Crippen LogP contribution < -0.4 is 0 Å². The quantitative estimate of drug-likeness (QED) is 0.539. The molecule has 22 heavy (non-hydrogen) atoms. The number of hydrogen-bond acceptors (Lipinski definition) is 0. The summed E-state index contributed by atoms with van der Waals surface area (Å²) in [5.41, 5.74) is 5.31. The van der Waals surface area contributed by atoms with Gasteiger partial charge in [0.05, 0.1) is 0 Å². The van der Waals surface area contributed by atoms with Crippen LogP contribution in [0.5, 0.6) is 0 Å². The second kappa shape index (κ2) is 7.42. The van der Waals surface area contributed by atoms with Gasteiger partial charge in [-0.1, -0.05) is 97.1 Å². The molecule has 0 spiro atoms. The minimum Gasteiger partial charge on any atom is -0.0836 e. The lowest BCUT2D eigenvalue weighted by Crippen LogP contribution is -1.89. The molecule has 3 aromatic rings. The molecule has 0 aliphatic carbocycles. The van der Waals surface area contributed by atoms with Gasteiger partial charge in [-0.3, -0.25) is 0 Å². The van der Waals surface area contributed by atoms with E-state index in [2.05, 4.69) is 91.0 Å². The maximum Gasteiger partial charge on any atom is -0.0152 e. The number of allylic oxidation sites excluding steroid dienone is 1. The first-order valence-electron chi connectivity index (χ1n) is 7.78. The summed E-state index contributed by atoms with van der Waals surface area (Å²) in [5.74, 6) is 0. The Morgan fingerprint density at radius 2 is 1.27 bits per heavy atom. The van der Waals surface area contributed by atoms with Crippen molar-refractivity contribution in [1.29, 1.82) is 0 Å². The molecule has 3 rings (SSSR count). The highest BCUT2D eigenvalue weighted by atomic mass is 14.1. The fraction of sp³-hybridized carbons (Fsp3) is 0.0909. The number of rotatable bonds is 5. The van der Waals surface area contributed by atoms with E-state index < -0.39 is 0 Å². The minimum atomic E-state index is 1.05. The summed E-state index contributed by atoms with van der Waals surface area (Å²) in [4.78, 5) is 0. The van der Waals surface area contributed by atoms with E-state index in [-0.39, 0.29) is 0 Å². The largest absolute Gasteiger partial charge is 0.0836 e. The standard InChI is InChI=1S/C22H20/c1-3-11-19(12-4-1)13-7-8-16-21-17-9-10-18-22(21)20-14-5-2-6-15-20/h1-7,9-15,17-18H,8,16H2. The minimum absolute atomic E-state index is 1.05. The van der Waals surface area contributed by atoms with E-state index in [1.54, 1.807) is 0 Å². The SMILES string of the molecule is C(=Cc1ccccc1)CCc1ccccc1-c1ccccc1. The van der Waals surface area contributed by atoms with Crippen LogP contribution in [-0.2, 0) is 6.42 Å². The van der Waals surface area contributed by atoms with Crippen molar-refractivity contribution in [3.8, 4) is 11.1 Å². The van der Waals surface area contributed by atoms with Gasteiger partial charge < -0.3 is 0 Å². The molecule has 0 bridgehead atoms. The third-order valence-electron chi connectivity index (χ3n) is 3.79. The molecule has 0 aliphatic heterocycles. The predicted octanol–water partition coefficient (Wildman–Crippen LogP) is 6.00. The first-order valence-corrected chi connectivity index (χ1v) is 7.78. The number of aryl methyl sites for hydroxylation is 1. The summed E-state index contributed by atoms with van der Waals surface area (Å²) < 4.78 is 0. The highest BCUT2D eigenvalue weighted by molar-refractivity contribution is 5.67. The van der Waals surface area contributed by atoms with E-state index in [9.17, 15) is 0 Å². The molecule has 0 unspecified atom stereocenters. The molecule has 3 aromatic carbocycles. The Hall–Kier alpha value is -2.60. The molecular weight excluding hydrogens is 264 g/mol. The van der Waals surface area contributed by atoms with Crippen LogP contribution in [0.4, 0.5) is 0 Å². The summed E-state index contributed by atoms with van der Waals surface area (Å²) in [5, 5.41) is 0. The topological polar surface area (TPSA) is 0 Å².